The maximum atomic E-state index is 13.5. The van der Waals surface area contributed by atoms with Crippen molar-refractivity contribution in [3.63, 3.8) is 0 Å². The van der Waals surface area contributed by atoms with E-state index in [-0.39, 0.29) is 29.8 Å². The monoisotopic (exact) mass is 484 g/mol. The largest absolute Gasteiger partial charge is 0.446 e. The highest BCUT2D eigenvalue weighted by molar-refractivity contribution is 6.74. The number of halogens is 1. The van der Waals surface area contributed by atoms with E-state index in [9.17, 15) is 14.0 Å². The first-order valence-corrected chi connectivity index (χ1v) is 14.3. The number of carbonyl (C=O) groups excluding carboxylic acids is 2. The van der Waals surface area contributed by atoms with Crippen molar-refractivity contribution in [2.75, 3.05) is 6.61 Å². The Hall–Kier alpha value is -2.97. The lowest BCUT2D eigenvalue weighted by Gasteiger charge is -2.35. The van der Waals surface area contributed by atoms with E-state index < -0.39 is 20.5 Å². The van der Waals surface area contributed by atoms with Gasteiger partial charge in [-0.15, -0.1) is 0 Å². The molecule has 3 rings (SSSR count). The molecule has 2 amide bonds. The quantitative estimate of drug-likeness (QED) is 0.357. The van der Waals surface area contributed by atoms with Gasteiger partial charge in [0.25, 0.3) is 0 Å². The average Bonchev–Trinajstić information content (AvgIpc) is 3.18. The molecule has 1 heterocycles. The number of hydrogen-bond acceptors (Lipinski definition) is 5. The van der Waals surface area contributed by atoms with Crippen LogP contribution in [0.2, 0.25) is 18.1 Å². The SMILES string of the molecule is CC(C)(C)[Si](C)(C)ONC(=CCCC(=O)N1C(=O)OCC1c1ccccc1)c1ccc(F)cc1. The molecule has 34 heavy (non-hydrogen) atoms. The minimum absolute atomic E-state index is 0.00750. The Morgan fingerprint density at radius 2 is 1.82 bits per heavy atom. The van der Waals surface area contributed by atoms with E-state index in [0.29, 0.717) is 12.1 Å². The molecule has 0 aliphatic carbocycles. The van der Waals surface area contributed by atoms with Crippen molar-refractivity contribution in [2.45, 2.75) is 57.8 Å². The van der Waals surface area contributed by atoms with Crippen molar-refractivity contribution in [3.05, 3.63) is 77.6 Å². The molecule has 8 heteroatoms. The van der Waals surface area contributed by atoms with Gasteiger partial charge < -0.3 is 9.26 Å². The lowest BCUT2D eigenvalue weighted by molar-refractivity contribution is -0.129. The molecule has 2 aromatic carbocycles. The minimum Gasteiger partial charge on any atom is -0.446 e. The molecule has 0 radical (unpaired) electrons. The highest BCUT2D eigenvalue weighted by Gasteiger charge is 2.39. The first kappa shape index (κ1) is 25.6. The molecule has 1 unspecified atom stereocenters. The number of amides is 2. The third-order valence-corrected chi connectivity index (χ3v) is 10.6. The molecule has 0 aromatic heterocycles. The van der Waals surface area contributed by atoms with E-state index in [2.05, 4.69) is 39.3 Å². The fourth-order valence-corrected chi connectivity index (χ4v) is 3.93. The molecular weight excluding hydrogens is 451 g/mol. The van der Waals surface area contributed by atoms with E-state index >= 15 is 0 Å². The van der Waals surface area contributed by atoms with E-state index in [0.717, 1.165) is 11.1 Å². The Balaban J connectivity index is 1.73. The second kappa shape index (κ2) is 10.5. The third-order valence-electron chi connectivity index (χ3n) is 6.41. The molecule has 1 atom stereocenters. The summed E-state index contributed by atoms with van der Waals surface area (Å²) < 4.78 is 24.8. The second-order valence-corrected chi connectivity index (χ2v) is 14.6. The zero-order valence-corrected chi connectivity index (χ0v) is 21.4. The number of rotatable bonds is 8. The van der Waals surface area contributed by atoms with Crippen LogP contribution >= 0.6 is 0 Å². The predicted molar refractivity (Wildman–Crippen MR) is 132 cm³/mol. The molecule has 0 saturated carbocycles. The second-order valence-electron chi connectivity index (χ2n) is 9.89. The number of cyclic esters (lactones) is 1. The number of nitrogens with one attached hydrogen (secondary N) is 1. The van der Waals surface area contributed by atoms with Crippen molar-refractivity contribution in [3.8, 4) is 0 Å². The smallest absolute Gasteiger partial charge is 0.417 e. The number of ether oxygens (including phenoxy) is 1. The number of nitrogens with zero attached hydrogens (tertiary/aromatic N) is 1. The van der Waals surface area contributed by atoms with Gasteiger partial charge in [0, 0.05) is 6.42 Å². The summed E-state index contributed by atoms with van der Waals surface area (Å²) >= 11 is 0. The Labute approximate surface area is 201 Å². The van der Waals surface area contributed by atoms with Crippen molar-refractivity contribution in [2.24, 2.45) is 0 Å². The van der Waals surface area contributed by atoms with Crippen LogP contribution in [0.5, 0.6) is 0 Å². The van der Waals surface area contributed by atoms with Gasteiger partial charge in [0.1, 0.15) is 18.5 Å². The fraction of sp³-hybridized carbons (Fsp3) is 0.385. The lowest BCUT2D eigenvalue weighted by Crippen LogP contribution is -2.44. The number of hydroxylamine groups is 1. The van der Waals surface area contributed by atoms with Crippen molar-refractivity contribution in [1.82, 2.24) is 10.4 Å². The van der Waals surface area contributed by atoms with Crippen LogP contribution in [0, 0.1) is 5.82 Å². The van der Waals surface area contributed by atoms with Crippen LogP contribution in [0.3, 0.4) is 0 Å². The summed E-state index contributed by atoms with van der Waals surface area (Å²) in [5.41, 5.74) is 5.33. The summed E-state index contributed by atoms with van der Waals surface area (Å²) in [7, 11) is -2.11. The molecule has 0 spiro atoms. The number of hydrogen-bond donors (Lipinski definition) is 1. The third kappa shape index (κ3) is 6.12. The van der Waals surface area contributed by atoms with Crippen LogP contribution in [0.15, 0.2) is 60.7 Å². The molecule has 1 saturated heterocycles. The molecular formula is C26H33FN2O4Si. The number of benzene rings is 2. The highest BCUT2D eigenvalue weighted by atomic mass is 28.4. The molecule has 1 fully saturated rings. The van der Waals surface area contributed by atoms with Gasteiger partial charge in [-0.1, -0.05) is 57.2 Å². The standard InChI is InChI=1S/C26H33FN2O4Si/c1-26(2,3)34(4,5)33-28-22(19-14-16-21(27)17-15-19)12-9-13-24(30)29-23(18-32-25(29)31)20-10-7-6-8-11-20/h6-8,10-12,14-17,23,28H,9,13,18H2,1-5H3. The van der Waals surface area contributed by atoms with Gasteiger partial charge in [-0.2, -0.15) is 0 Å². The summed E-state index contributed by atoms with van der Waals surface area (Å²) in [5, 5.41) is -0.00750. The van der Waals surface area contributed by atoms with E-state index in [1.54, 1.807) is 12.1 Å². The minimum atomic E-state index is -2.11. The van der Waals surface area contributed by atoms with Crippen molar-refractivity contribution in [1.29, 1.82) is 0 Å². The van der Waals surface area contributed by atoms with E-state index in [1.165, 1.54) is 17.0 Å². The summed E-state index contributed by atoms with van der Waals surface area (Å²) in [6, 6.07) is 15.0. The normalized spacial score (nSPS) is 17.0. The topological polar surface area (TPSA) is 67.9 Å². The summed E-state index contributed by atoms with van der Waals surface area (Å²) in [6.07, 6.45) is 1.70. The van der Waals surface area contributed by atoms with Crippen molar-refractivity contribution >= 4 is 26.0 Å². The maximum Gasteiger partial charge on any atom is 0.417 e. The highest BCUT2D eigenvalue weighted by Crippen LogP contribution is 2.36. The average molecular weight is 485 g/mol. The summed E-state index contributed by atoms with van der Waals surface area (Å²) in [4.78, 5) is 26.4. The van der Waals surface area contributed by atoms with Gasteiger partial charge in [0.15, 0.2) is 0 Å². The van der Waals surface area contributed by atoms with Crippen molar-refractivity contribution < 1.29 is 23.2 Å². The Morgan fingerprint density at radius 1 is 1.18 bits per heavy atom. The van der Waals surface area contributed by atoms with Crippen LogP contribution in [-0.2, 0) is 14.1 Å². The Morgan fingerprint density at radius 3 is 2.44 bits per heavy atom. The molecule has 182 valence electrons. The Kier molecular flexibility index (Phi) is 7.94. The van der Waals surface area contributed by atoms with Gasteiger partial charge >= 0.3 is 6.09 Å². The van der Waals surface area contributed by atoms with Gasteiger partial charge in [0.05, 0.1) is 5.70 Å². The van der Waals surface area contributed by atoms with Crippen LogP contribution in [0.1, 0.15) is 50.8 Å². The van der Waals surface area contributed by atoms with E-state index in [4.69, 9.17) is 9.26 Å². The molecule has 1 aliphatic rings. The molecule has 1 aliphatic heterocycles. The number of imide groups is 1. The van der Waals surface area contributed by atoms with E-state index in [1.807, 2.05) is 36.4 Å². The molecule has 6 nitrogen and oxygen atoms in total. The van der Waals surface area contributed by atoms with Crippen LogP contribution in [-0.4, -0.2) is 31.8 Å². The van der Waals surface area contributed by atoms with Crippen LogP contribution < -0.4 is 5.48 Å². The maximum absolute atomic E-state index is 13.5. The number of carbonyl (C=O) groups is 2. The van der Waals surface area contributed by atoms with Gasteiger partial charge in [-0.25, -0.2) is 14.1 Å². The summed E-state index contributed by atoms with van der Waals surface area (Å²) in [6.45, 7) is 10.8. The zero-order chi connectivity index (χ0) is 24.9. The zero-order valence-electron chi connectivity index (χ0n) is 20.4. The lowest BCUT2D eigenvalue weighted by atomic mass is 10.1. The van der Waals surface area contributed by atoms with Gasteiger partial charge in [0.2, 0.25) is 14.2 Å². The molecule has 2 aromatic rings. The first-order chi connectivity index (χ1) is 16.0. The molecule has 1 N–H and O–H groups in total. The summed E-state index contributed by atoms with van der Waals surface area (Å²) in [5.74, 6) is -0.639. The van der Waals surface area contributed by atoms with Gasteiger partial charge in [-0.3, -0.25) is 10.3 Å². The predicted octanol–water partition coefficient (Wildman–Crippen LogP) is 6.19. The fourth-order valence-electron chi connectivity index (χ4n) is 3.26. The van der Waals surface area contributed by atoms with Crippen LogP contribution in [0.25, 0.3) is 5.70 Å². The van der Waals surface area contributed by atoms with Crippen LogP contribution in [0.4, 0.5) is 9.18 Å². The Bertz CT molecular complexity index is 1030. The first-order valence-electron chi connectivity index (χ1n) is 11.4. The molecule has 0 bridgehead atoms. The van der Waals surface area contributed by atoms with Gasteiger partial charge in [-0.05, 0) is 59.9 Å². The number of allylic oxidation sites excluding steroid dienone is 1.